The van der Waals surface area contributed by atoms with E-state index in [0.717, 1.165) is 12.1 Å². The zero-order valence-corrected chi connectivity index (χ0v) is 14.7. The summed E-state index contributed by atoms with van der Waals surface area (Å²) in [6.45, 7) is 3.10. The molecule has 0 unspecified atom stereocenters. The monoisotopic (exact) mass is 356 g/mol. The van der Waals surface area contributed by atoms with Crippen LogP contribution in [0.3, 0.4) is 0 Å². The molecule has 1 fully saturated rings. The minimum Gasteiger partial charge on any atom is -0.507 e. The standard InChI is InChI=1S/C18H21FN6O/c1-11-3-4-14(15(26)7-11)17-23-22-16(18-20-5-6-25(17)18)21-13-8-12(19)9-24(2)10-13/h3-7,12-13,26H,8-10H2,1-2H3,(H,21,22)/t12-,13-/m1/s1. The number of imidazole rings is 1. The van der Waals surface area contributed by atoms with Gasteiger partial charge in [0, 0.05) is 37.9 Å². The summed E-state index contributed by atoms with van der Waals surface area (Å²) in [4.78, 5) is 6.32. The van der Waals surface area contributed by atoms with E-state index in [1.54, 1.807) is 22.9 Å². The van der Waals surface area contributed by atoms with Gasteiger partial charge in [-0.15, -0.1) is 10.2 Å². The van der Waals surface area contributed by atoms with Crippen molar-refractivity contribution in [2.75, 3.05) is 25.5 Å². The number of rotatable bonds is 3. The second-order valence-electron chi connectivity index (χ2n) is 6.91. The number of fused-ring (bicyclic) bond motifs is 1. The topological polar surface area (TPSA) is 78.6 Å². The third-order valence-corrected chi connectivity index (χ3v) is 4.64. The molecule has 4 rings (SSSR count). The van der Waals surface area contributed by atoms with Crippen LogP contribution in [0, 0.1) is 6.92 Å². The summed E-state index contributed by atoms with van der Waals surface area (Å²) in [5, 5.41) is 22.1. The summed E-state index contributed by atoms with van der Waals surface area (Å²) in [6.07, 6.45) is 3.00. The van der Waals surface area contributed by atoms with E-state index in [2.05, 4.69) is 20.5 Å². The summed E-state index contributed by atoms with van der Waals surface area (Å²) in [5.41, 5.74) is 2.14. The number of phenols is 1. The van der Waals surface area contributed by atoms with E-state index < -0.39 is 6.17 Å². The summed E-state index contributed by atoms with van der Waals surface area (Å²) in [7, 11) is 1.90. The van der Waals surface area contributed by atoms with Crippen LogP contribution in [0.15, 0.2) is 30.6 Å². The molecule has 2 aromatic heterocycles. The van der Waals surface area contributed by atoms with Crippen LogP contribution in [0.2, 0.25) is 0 Å². The van der Waals surface area contributed by atoms with Crippen molar-refractivity contribution in [3.05, 3.63) is 36.2 Å². The fourth-order valence-corrected chi connectivity index (χ4v) is 3.49. The highest BCUT2D eigenvalue weighted by atomic mass is 19.1. The molecule has 0 amide bonds. The molecule has 0 aliphatic carbocycles. The Balaban J connectivity index is 1.70. The quantitative estimate of drug-likeness (QED) is 0.749. The zero-order valence-electron chi connectivity index (χ0n) is 14.7. The van der Waals surface area contributed by atoms with Crippen LogP contribution in [-0.4, -0.2) is 61.9 Å². The van der Waals surface area contributed by atoms with Crippen molar-refractivity contribution in [3.63, 3.8) is 0 Å². The van der Waals surface area contributed by atoms with E-state index in [4.69, 9.17) is 0 Å². The van der Waals surface area contributed by atoms with Crippen molar-refractivity contribution in [1.29, 1.82) is 0 Å². The second kappa shape index (κ2) is 6.53. The van der Waals surface area contributed by atoms with Crippen molar-refractivity contribution in [3.8, 4) is 17.1 Å². The molecule has 0 bridgehead atoms. The molecule has 26 heavy (non-hydrogen) atoms. The Morgan fingerprint density at radius 3 is 2.88 bits per heavy atom. The molecule has 3 aromatic rings. The molecule has 7 nitrogen and oxygen atoms in total. The number of anilines is 1. The number of aromatic nitrogens is 4. The van der Waals surface area contributed by atoms with E-state index in [1.165, 1.54) is 0 Å². The van der Waals surface area contributed by atoms with E-state index in [1.807, 2.05) is 31.0 Å². The van der Waals surface area contributed by atoms with Crippen LogP contribution >= 0.6 is 0 Å². The first-order valence-corrected chi connectivity index (χ1v) is 8.60. The van der Waals surface area contributed by atoms with E-state index in [0.29, 0.717) is 35.8 Å². The van der Waals surface area contributed by atoms with Crippen LogP contribution in [0.4, 0.5) is 10.2 Å². The molecule has 8 heteroatoms. The van der Waals surface area contributed by atoms with E-state index in [9.17, 15) is 9.50 Å². The molecule has 1 saturated heterocycles. The van der Waals surface area contributed by atoms with Gasteiger partial charge in [-0.25, -0.2) is 9.37 Å². The van der Waals surface area contributed by atoms with Crippen LogP contribution in [0.5, 0.6) is 5.75 Å². The second-order valence-corrected chi connectivity index (χ2v) is 6.91. The SMILES string of the molecule is Cc1ccc(-c2nnc(N[C@@H]3C[C@@H](F)CN(C)C3)c3nccn23)c(O)c1. The van der Waals surface area contributed by atoms with E-state index >= 15 is 0 Å². The minimum atomic E-state index is -0.862. The Hall–Kier alpha value is -2.74. The highest BCUT2D eigenvalue weighted by molar-refractivity contribution is 5.71. The lowest BCUT2D eigenvalue weighted by Crippen LogP contribution is -2.45. The third kappa shape index (κ3) is 3.08. The van der Waals surface area contributed by atoms with Crippen LogP contribution < -0.4 is 5.32 Å². The Bertz CT molecular complexity index is 933. The molecular weight excluding hydrogens is 335 g/mol. The molecule has 1 aliphatic heterocycles. The van der Waals surface area contributed by atoms with Gasteiger partial charge in [-0.2, -0.15) is 0 Å². The number of alkyl halides is 1. The van der Waals surface area contributed by atoms with Gasteiger partial charge in [0.05, 0.1) is 5.56 Å². The zero-order chi connectivity index (χ0) is 18.3. The predicted molar refractivity (Wildman–Crippen MR) is 97.0 cm³/mol. The highest BCUT2D eigenvalue weighted by Crippen LogP contribution is 2.30. The number of aryl methyl sites for hydroxylation is 1. The van der Waals surface area contributed by atoms with Crippen LogP contribution in [-0.2, 0) is 0 Å². The molecule has 0 radical (unpaired) electrons. The molecule has 0 saturated carbocycles. The number of hydrogen-bond donors (Lipinski definition) is 2. The minimum absolute atomic E-state index is 0.0582. The largest absolute Gasteiger partial charge is 0.507 e. The lowest BCUT2D eigenvalue weighted by atomic mass is 10.0. The van der Waals surface area contributed by atoms with Gasteiger partial charge in [0.2, 0.25) is 0 Å². The number of hydrogen-bond acceptors (Lipinski definition) is 6. The first kappa shape index (κ1) is 16.7. The predicted octanol–water partition coefficient (Wildman–Crippen LogP) is 2.26. The highest BCUT2D eigenvalue weighted by Gasteiger charge is 2.26. The van der Waals surface area contributed by atoms with Crippen molar-refractivity contribution in [2.24, 2.45) is 0 Å². The van der Waals surface area contributed by atoms with Gasteiger partial charge < -0.3 is 15.3 Å². The van der Waals surface area contributed by atoms with Crippen molar-refractivity contribution >= 4 is 11.5 Å². The summed E-state index contributed by atoms with van der Waals surface area (Å²) in [6, 6.07) is 5.35. The molecule has 136 valence electrons. The number of piperidine rings is 1. The van der Waals surface area contributed by atoms with Gasteiger partial charge in [-0.05, 0) is 31.7 Å². The first-order chi connectivity index (χ1) is 12.5. The molecule has 0 spiro atoms. The number of nitrogens with zero attached hydrogens (tertiary/aromatic N) is 5. The maximum Gasteiger partial charge on any atom is 0.192 e. The lowest BCUT2D eigenvalue weighted by Gasteiger charge is -2.32. The number of likely N-dealkylation sites (N-methyl/N-ethyl adjacent to an activating group) is 1. The number of benzene rings is 1. The Labute approximate surface area is 150 Å². The Morgan fingerprint density at radius 2 is 2.12 bits per heavy atom. The van der Waals surface area contributed by atoms with Crippen LogP contribution in [0.25, 0.3) is 17.0 Å². The fraction of sp³-hybridized carbons (Fsp3) is 0.389. The summed E-state index contributed by atoms with van der Waals surface area (Å²) < 4.78 is 15.6. The molecule has 1 aliphatic rings. The Morgan fingerprint density at radius 1 is 1.27 bits per heavy atom. The summed E-state index contributed by atoms with van der Waals surface area (Å²) >= 11 is 0. The number of phenolic OH excluding ortho intramolecular Hbond substituents is 1. The lowest BCUT2D eigenvalue weighted by molar-refractivity contribution is 0.153. The van der Waals surface area contributed by atoms with Gasteiger partial charge in [-0.1, -0.05) is 6.07 Å². The van der Waals surface area contributed by atoms with Crippen molar-refractivity contribution in [2.45, 2.75) is 25.6 Å². The summed E-state index contributed by atoms with van der Waals surface area (Å²) in [5.74, 6) is 1.16. The van der Waals surface area contributed by atoms with Crippen molar-refractivity contribution < 1.29 is 9.50 Å². The molecule has 1 aromatic carbocycles. The third-order valence-electron chi connectivity index (χ3n) is 4.64. The van der Waals surface area contributed by atoms with E-state index in [-0.39, 0.29) is 11.8 Å². The smallest absolute Gasteiger partial charge is 0.192 e. The first-order valence-electron chi connectivity index (χ1n) is 8.60. The normalized spacial score (nSPS) is 21.2. The van der Waals surface area contributed by atoms with Gasteiger partial charge >= 0.3 is 0 Å². The molecular formula is C18H21FN6O. The molecule has 2 atom stereocenters. The number of aromatic hydroxyl groups is 1. The number of likely N-dealkylation sites (tertiary alicyclic amines) is 1. The average molecular weight is 356 g/mol. The molecule has 2 N–H and O–H groups in total. The fourth-order valence-electron chi connectivity index (χ4n) is 3.49. The van der Waals surface area contributed by atoms with Crippen molar-refractivity contribution in [1.82, 2.24) is 24.5 Å². The van der Waals surface area contributed by atoms with Gasteiger partial charge in [0.15, 0.2) is 17.3 Å². The maximum absolute atomic E-state index is 13.8. The number of nitrogens with one attached hydrogen (secondary N) is 1. The Kier molecular flexibility index (Phi) is 4.20. The molecule has 3 heterocycles. The van der Waals surface area contributed by atoms with Gasteiger partial charge in [-0.3, -0.25) is 4.40 Å². The number of halogens is 1. The van der Waals surface area contributed by atoms with Gasteiger partial charge in [0.1, 0.15) is 11.9 Å². The van der Waals surface area contributed by atoms with Gasteiger partial charge in [0.25, 0.3) is 0 Å². The average Bonchev–Trinajstić information content (AvgIpc) is 3.05. The van der Waals surface area contributed by atoms with Crippen LogP contribution in [0.1, 0.15) is 12.0 Å². The maximum atomic E-state index is 13.8.